The number of benzene rings is 3. The molecule has 0 aromatic heterocycles. The second kappa shape index (κ2) is 5.10. The predicted molar refractivity (Wildman–Crippen MR) is 84.5 cm³/mol. The first-order valence-electron chi connectivity index (χ1n) is 6.44. The molecule has 0 N–H and O–H groups in total. The molecule has 3 aromatic rings. The smallest absolute Gasteiger partial charge is 0.150 e. The largest absolute Gasteiger partial charge is 0.298 e. The molecule has 0 aliphatic rings. The van der Waals surface area contributed by atoms with Crippen LogP contribution < -0.4 is 0 Å². The number of aldehydes is 1. The SMILES string of the molecule is Cc1cc(Cl)ccc1-c1c(C=O)ccc2ccccc12. The zero-order chi connectivity index (χ0) is 14.1. The summed E-state index contributed by atoms with van der Waals surface area (Å²) in [6.07, 6.45) is 0.913. The number of hydrogen-bond acceptors (Lipinski definition) is 1. The number of fused-ring (bicyclic) bond motifs is 1. The summed E-state index contributed by atoms with van der Waals surface area (Å²) in [6, 6.07) is 17.7. The van der Waals surface area contributed by atoms with E-state index in [1.165, 1.54) is 0 Å². The van der Waals surface area contributed by atoms with E-state index < -0.39 is 0 Å². The fourth-order valence-electron chi connectivity index (χ4n) is 2.59. The second-order valence-electron chi connectivity index (χ2n) is 4.83. The molecule has 0 aliphatic heterocycles. The van der Waals surface area contributed by atoms with Crippen LogP contribution in [0.15, 0.2) is 54.6 Å². The van der Waals surface area contributed by atoms with Crippen LogP contribution >= 0.6 is 11.6 Å². The molecule has 98 valence electrons. The van der Waals surface area contributed by atoms with Gasteiger partial charge < -0.3 is 0 Å². The highest BCUT2D eigenvalue weighted by molar-refractivity contribution is 6.30. The molecule has 0 atom stereocenters. The average Bonchev–Trinajstić information content (AvgIpc) is 2.46. The van der Waals surface area contributed by atoms with Crippen molar-refractivity contribution in [3.05, 3.63) is 70.7 Å². The van der Waals surface area contributed by atoms with E-state index in [4.69, 9.17) is 11.6 Å². The van der Waals surface area contributed by atoms with Gasteiger partial charge in [0, 0.05) is 16.1 Å². The molecule has 3 rings (SSSR count). The molecule has 0 radical (unpaired) electrons. The second-order valence-corrected chi connectivity index (χ2v) is 5.26. The summed E-state index contributed by atoms with van der Waals surface area (Å²) in [7, 11) is 0. The summed E-state index contributed by atoms with van der Waals surface area (Å²) < 4.78 is 0. The highest BCUT2D eigenvalue weighted by Crippen LogP contribution is 2.34. The number of rotatable bonds is 2. The van der Waals surface area contributed by atoms with E-state index in [2.05, 4.69) is 6.07 Å². The Morgan fingerprint density at radius 3 is 2.55 bits per heavy atom. The lowest BCUT2D eigenvalue weighted by atomic mass is 9.91. The van der Waals surface area contributed by atoms with E-state index in [9.17, 15) is 4.79 Å². The van der Waals surface area contributed by atoms with Crippen LogP contribution in [0.5, 0.6) is 0 Å². The number of carbonyl (C=O) groups is 1. The highest BCUT2D eigenvalue weighted by atomic mass is 35.5. The topological polar surface area (TPSA) is 17.1 Å². The third kappa shape index (κ3) is 2.10. The van der Waals surface area contributed by atoms with Crippen molar-refractivity contribution in [2.45, 2.75) is 6.92 Å². The van der Waals surface area contributed by atoms with Crippen molar-refractivity contribution < 1.29 is 4.79 Å². The maximum atomic E-state index is 11.4. The Hall–Kier alpha value is -2.12. The van der Waals surface area contributed by atoms with Gasteiger partial charge in [-0.1, -0.05) is 54.1 Å². The lowest BCUT2D eigenvalue weighted by Gasteiger charge is -2.12. The van der Waals surface area contributed by atoms with E-state index in [-0.39, 0.29) is 0 Å². The van der Waals surface area contributed by atoms with E-state index in [0.717, 1.165) is 33.7 Å². The van der Waals surface area contributed by atoms with Crippen LogP contribution in [0.4, 0.5) is 0 Å². The first-order valence-corrected chi connectivity index (χ1v) is 6.82. The first-order chi connectivity index (χ1) is 9.70. The summed E-state index contributed by atoms with van der Waals surface area (Å²) in [6.45, 7) is 2.01. The van der Waals surface area contributed by atoms with Crippen LogP contribution in [0.1, 0.15) is 15.9 Å². The van der Waals surface area contributed by atoms with E-state index in [0.29, 0.717) is 10.6 Å². The zero-order valence-electron chi connectivity index (χ0n) is 11.1. The monoisotopic (exact) mass is 280 g/mol. The number of halogens is 1. The van der Waals surface area contributed by atoms with Crippen LogP contribution in [0, 0.1) is 6.92 Å². The zero-order valence-corrected chi connectivity index (χ0v) is 11.8. The molecule has 2 heteroatoms. The van der Waals surface area contributed by atoms with Crippen LogP contribution in [0.3, 0.4) is 0 Å². The Balaban J connectivity index is 2.41. The summed E-state index contributed by atoms with van der Waals surface area (Å²) in [5, 5.41) is 2.92. The fraction of sp³-hybridized carbons (Fsp3) is 0.0556. The van der Waals surface area contributed by atoms with Gasteiger partial charge in [-0.15, -0.1) is 0 Å². The van der Waals surface area contributed by atoms with Crippen molar-refractivity contribution in [2.75, 3.05) is 0 Å². The van der Waals surface area contributed by atoms with Gasteiger partial charge in [0.2, 0.25) is 0 Å². The summed E-state index contributed by atoms with van der Waals surface area (Å²) in [5.74, 6) is 0. The van der Waals surface area contributed by atoms with Crippen LogP contribution in [-0.4, -0.2) is 6.29 Å². The fourth-order valence-corrected chi connectivity index (χ4v) is 2.82. The maximum Gasteiger partial charge on any atom is 0.150 e. The van der Waals surface area contributed by atoms with Crippen molar-refractivity contribution in [3.8, 4) is 11.1 Å². The van der Waals surface area contributed by atoms with Crippen LogP contribution in [0.2, 0.25) is 5.02 Å². The molecule has 1 nitrogen and oxygen atoms in total. The number of carbonyl (C=O) groups excluding carboxylic acids is 1. The van der Waals surface area contributed by atoms with Crippen molar-refractivity contribution in [1.29, 1.82) is 0 Å². The molecular weight excluding hydrogens is 268 g/mol. The van der Waals surface area contributed by atoms with Gasteiger partial charge in [-0.2, -0.15) is 0 Å². The molecule has 0 bridgehead atoms. The quantitative estimate of drug-likeness (QED) is 0.584. The Morgan fingerprint density at radius 2 is 1.80 bits per heavy atom. The molecule has 3 aromatic carbocycles. The molecule has 0 unspecified atom stereocenters. The molecule has 0 aliphatic carbocycles. The molecule has 0 heterocycles. The molecule has 0 amide bonds. The van der Waals surface area contributed by atoms with Gasteiger partial charge in [0.25, 0.3) is 0 Å². The predicted octanol–water partition coefficient (Wildman–Crippen LogP) is 5.28. The maximum absolute atomic E-state index is 11.4. The highest BCUT2D eigenvalue weighted by Gasteiger charge is 2.11. The van der Waals surface area contributed by atoms with Gasteiger partial charge >= 0.3 is 0 Å². The molecular formula is C18H13ClO. The third-order valence-corrected chi connectivity index (χ3v) is 3.78. The van der Waals surface area contributed by atoms with E-state index in [1.54, 1.807) is 0 Å². The molecule has 0 fully saturated rings. The van der Waals surface area contributed by atoms with Crippen molar-refractivity contribution in [3.63, 3.8) is 0 Å². The minimum atomic E-state index is 0.703. The molecule has 0 spiro atoms. The van der Waals surface area contributed by atoms with Gasteiger partial charge in [-0.25, -0.2) is 0 Å². The summed E-state index contributed by atoms with van der Waals surface area (Å²) >= 11 is 6.03. The van der Waals surface area contributed by atoms with Gasteiger partial charge in [-0.3, -0.25) is 4.79 Å². The van der Waals surface area contributed by atoms with Crippen molar-refractivity contribution >= 4 is 28.7 Å². The number of aryl methyl sites for hydroxylation is 1. The third-order valence-electron chi connectivity index (χ3n) is 3.55. The van der Waals surface area contributed by atoms with E-state index >= 15 is 0 Å². The van der Waals surface area contributed by atoms with Crippen LogP contribution in [-0.2, 0) is 0 Å². The lowest BCUT2D eigenvalue weighted by molar-refractivity contribution is 0.112. The Kier molecular flexibility index (Phi) is 3.29. The molecule has 0 saturated carbocycles. The lowest BCUT2D eigenvalue weighted by Crippen LogP contribution is -1.92. The molecule has 0 saturated heterocycles. The Labute approximate surface area is 122 Å². The Morgan fingerprint density at radius 1 is 1.00 bits per heavy atom. The van der Waals surface area contributed by atoms with Gasteiger partial charge in [-0.05, 0) is 41.0 Å². The minimum Gasteiger partial charge on any atom is -0.298 e. The Bertz CT molecular complexity index is 806. The first kappa shape index (κ1) is 12.9. The van der Waals surface area contributed by atoms with Crippen LogP contribution in [0.25, 0.3) is 21.9 Å². The van der Waals surface area contributed by atoms with Crippen molar-refractivity contribution in [2.24, 2.45) is 0 Å². The standard InChI is InChI=1S/C18H13ClO/c1-12-10-15(19)8-9-16(12)18-14(11-20)7-6-13-4-2-3-5-17(13)18/h2-11H,1H3. The minimum absolute atomic E-state index is 0.703. The van der Waals surface area contributed by atoms with Gasteiger partial charge in [0.15, 0.2) is 6.29 Å². The molecule has 20 heavy (non-hydrogen) atoms. The van der Waals surface area contributed by atoms with Gasteiger partial charge in [0.1, 0.15) is 0 Å². The normalized spacial score (nSPS) is 10.7. The van der Waals surface area contributed by atoms with E-state index in [1.807, 2.05) is 55.5 Å². The summed E-state index contributed by atoms with van der Waals surface area (Å²) in [4.78, 5) is 11.4. The number of hydrogen-bond donors (Lipinski definition) is 0. The van der Waals surface area contributed by atoms with Gasteiger partial charge in [0.05, 0.1) is 0 Å². The summed E-state index contributed by atoms with van der Waals surface area (Å²) in [5.41, 5.74) is 3.80. The average molecular weight is 281 g/mol. The van der Waals surface area contributed by atoms with Crippen molar-refractivity contribution in [1.82, 2.24) is 0 Å².